The second kappa shape index (κ2) is 10.8. The first-order chi connectivity index (χ1) is 13.5. The molecule has 0 saturated heterocycles. The van der Waals surface area contributed by atoms with Crippen LogP contribution < -0.4 is 4.74 Å². The number of benzene rings is 2. The molecule has 6 nitrogen and oxygen atoms in total. The molecule has 0 fully saturated rings. The van der Waals surface area contributed by atoms with Crippen molar-refractivity contribution in [1.82, 2.24) is 0 Å². The average molecular weight is 381 g/mol. The van der Waals surface area contributed by atoms with E-state index < -0.39 is 10.9 Å². The average Bonchev–Trinajstić information content (AvgIpc) is 2.70. The standard InChI is InChI=1S/C22H23NO5/c1-2-3-4-5-9-20(24)16-13-17-8-6-7-10-21(17)28-22(25)18-11-14-19(15-12-18)23(26)27/h6-8,10-16H,2-5,9H2,1H3/b16-13-. The monoisotopic (exact) mass is 381 g/mol. The van der Waals surface area contributed by atoms with Crippen LogP contribution in [0.1, 0.15) is 54.9 Å². The summed E-state index contributed by atoms with van der Waals surface area (Å²) in [5.41, 5.74) is 0.716. The van der Waals surface area contributed by atoms with E-state index in [0.29, 0.717) is 17.7 Å². The van der Waals surface area contributed by atoms with Crippen molar-refractivity contribution in [1.29, 1.82) is 0 Å². The van der Waals surface area contributed by atoms with Crippen LogP contribution in [0.3, 0.4) is 0 Å². The Morgan fingerprint density at radius 3 is 2.43 bits per heavy atom. The quantitative estimate of drug-likeness (QED) is 0.138. The van der Waals surface area contributed by atoms with E-state index in [1.807, 2.05) is 0 Å². The summed E-state index contributed by atoms with van der Waals surface area (Å²) in [4.78, 5) is 34.4. The van der Waals surface area contributed by atoms with Gasteiger partial charge < -0.3 is 4.74 Å². The van der Waals surface area contributed by atoms with Crippen molar-refractivity contribution in [2.45, 2.75) is 39.0 Å². The van der Waals surface area contributed by atoms with Crippen LogP contribution >= 0.6 is 0 Å². The lowest BCUT2D eigenvalue weighted by molar-refractivity contribution is -0.384. The zero-order valence-electron chi connectivity index (χ0n) is 15.8. The highest BCUT2D eigenvalue weighted by molar-refractivity contribution is 5.95. The van der Waals surface area contributed by atoms with Gasteiger partial charge in [-0.1, -0.05) is 44.4 Å². The fourth-order valence-corrected chi connectivity index (χ4v) is 2.58. The van der Waals surface area contributed by atoms with Crippen molar-refractivity contribution in [2.75, 3.05) is 0 Å². The van der Waals surface area contributed by atoms with Gasteiger partial charge >= 0.3 is 5.97 Å². The fraction of sp³-hybridized carbons (Fsp3) is 0.273. The molecule has 0 spiro atoms. The van der Waals surface area contributed by atoms with Gasteiger partial charge in [-0.25, -0.2) is 4.79 Å². The Labute approximate surface area is 164 Å². The SMILES string of the molecule is CCCCCCC(=O)/C=C\c1ccccc1OC(=O)c1ccc([N+](=O)[O-])cc1. The van der Waals surface area contributed by atoms with Crippen LogP contribution in [0, 0.1) is 10.1 Å². The molecule has 2 rings (SSSR count). The summed E-state index contributed by atoms with van der Waals surface area (Å²) in [6.45, 7) is 2.12. The van der Waals surface area contributed by atoms with Crippen LogP contribution in [0.15, 0.2) is 54.6 Å². The van der Waals surface area contributed by atoms with Gasteiger partial charge in [-0.15, -0.1) is 0 Å². The summed E-state index contributed by atoms with van der Waals surface area (Å²) in [5, 5.41) is 10.7. The van der Waals surface area contributed by atoms with Gasteiger partial charge in [-0.2, -0.15) is 0 Å². The molecule has 0 saturated carbocycles. The van der Waals surface area contributed by atoms with Crippen molar-refractivity contribution in [3.63, 3.8) is 0 Å². The number of unbranched alkanes of at least 4 members (excludes halogenated alkanes) is 3. The topological polar surface area (TPSA) is 86.5 Å². The summed E-state index contributed by atoms with van der Waals surface area (Å²) >= 11 is 0. The Hall–Kier alpha value is -3.28. The van der Waals surface area contributed by atoms with Crippen molar-refractivity contribution in [2.24, 2.45) is 0 Å². The maximum Gasteiger partial charge on any atom is 0.343 e. The Kier molecular flexibility index (Phi) is 8.09. The van der Waals surface area contributed by atoms with Crippen molar-refractivity contribution in [3.8, 4) is 5.75 Å². The number of non-ortho nitro benzene ring substituents is 1. The number of ketones is 1. The zero-order chi connectivity index (χ0) is 20.4. The Morgan fingerprint density at radius 1 is 1.04 bits per heavy atom. The number of nitro groups is 1. The highest BCUT2D eigenvalue weighted by Gasteiger charge is 2.13. The van der Waals surface area contributed by atoms with Gasteiger partial charge in [0.15, 0.2) is 5.78 Å². The van der Waals surface area contributed by atoms with Crippen LogP contribution in [0.2, 0.25) is 0 Å². The number of carbonyl (C=O) groups is 2. The summed E-state index contributed by atoms with van der Waals surface area (Å²) in [6.07, 6.45) is 7.80. The third-order valence-electron chi connectivity index (χ3n) is 4.16. The van der Waals surface area contributed by atoms with E-state index in [1.54, 1.807) is 30.3 Å². The number of carbonyl (C=O) groups excluding carboxylic acids is 2. The third-order valence-corrected chi connectivity index (χ3v) is 4.16. The number of nitrogens with zero attached hydrogens (tertiary/aromatic N) is 1. The van der Waals surface area contributed by atoms with E-state index in [4.69, 9.17) is 4.74 Å². The summed E-state index contributed by atoms with van der Waals surface area (Å²) in [7, 11) is 0. The molecule has 28 heavy (non-hydrogen) atoms. The molecule has 0 aliphatic heterocycles. The Bertz CT molecular complexity index is 855. The van der Waals surface area contributed by atoms with Gasteiger partial charge in [0.2, 0.25) is 0 Å². The summed E-state index contributed by atoms with van der Waals surface area (Å²) in [5.74, 6) is -0.268. The fourth-order valence-electron chi connectivity index (χ4n) is 2.58. The molecule has 0 unspecified atom stereocenters. The first-order valence-electron chi connectivity index (χ1n) is 9.28. The van der Waals surface area contributed by atoms with Crippen LogP contribution in [-0.4, -0.2) is 16.7 Å². The van der Waals surface area contributed by atoms with Gasteiger partial charge in [-0.3, -0.25) is 14.9 Å². The molecule has 2 aromatic rings. The van der Waals surface area contributed by atoms with Gasteiger partial charge in [0, 0.05) is 24.1 Å². The predicted molar refractivity (Wildman–Crippen MR) is 107 cm³/mol. The molecule has 0 aliphatic rings. The van der Waals surface area contributed by atoms with E-state index in [2.05, 4.69) is 6.92 Å². The largest absolute Gasteiger partial charge is 0.422 e. The molecule has 6 heteroatoms. The van der Waals surface area contributed by atoms with Crippen LogP contribution in [0.25, 0.3) is 6.08 Å². The van der Waals surface area contributed by atoms with E-state index >= 15 is 0 Å². The lowest BCUT2D eigenvalue weighted by Gasteiger charge is -2.07. The number of hydrogen-bond donors (Lipinski definition) is 0. The first kappa shape index (κ1) is 21.0. The molecule has 0 bridgehead atoms. The zero-order valence-corrected chi connectivity index (χ0v) is 15.8. The van der Waals surface area contributed by atoms with Crippen molar-refractivity contribution < 1.29 is 19.2 Å². The van der Waals surface area contributed by atoms with E-state index in [1.165, 1.54) is 30.3 Å². The minimum atomic E-state index is -0.623. The lowest BCUT2D eigenvalue weighted by Crippen LogP contribution is -2.09. The van der Waals surface area contributed by atoms with Crippen LogP contribution in [-0.2, 0) is 4.79 Å². The third kappa shape index (κ3) is 6.46. The molecule has 0 aliphatic carbocycles. The molecular formula is C22H23NO5. The number of esters is 1. The second-order valence-electron chi connectivity index (χ2n) is 6.34. The van der Waals surface area contributed by atoms with Crippen LogP contribution in [0.4, 0.5) is 5.69 Å². The van der Waals surface area contributed by atoms with Gasteiger partial charge in [0.05, 0.1) is 10.5 Å². The molecule has 0 radical (unpaired) electrons. The highest BCUT2D eigenvalue weighted by Crippen LogP contribution is 2.22. The molecule has 0 heterocycles. The highest BCUT2D eigenvalue weighted by atomic mass is 16.6. The van der Waals surface area contributed by atoms with Gasteiger partial charge in [0.25, 0.3) is 5.69 Å². The Balaban J connectivity index is 2.02. The molecule has 0 atom stereocenters. The molecule has 0 amide bonds. The minimum absolute atomic E-state index is 0.0348. The normalized spacial score (nSPS) is 10.8. The number of rotatable bonds is 10. The van der Waals surface area contributed by atoms with Gasteiger partial charge in [-0.05, 0) is 36.8 Å². The number of nitro benzene ring substituents is 1. The van der Waals surface area contributed by atoms with Crippen molar-refractivity contribution >= 4 is 23.5 Å². The second-order valence-corrected chi connectivity index (χ2v) is 6.34. The number of allylic oxidation sites excluding steroid dienone is 1. The Morgan fingerprint density at radius 2 is 1.75 bits per heavy atom. The molecule has 0 N–H and O–H groups in total. The van der Waals surface area contributed by atoms with E-state index in [-0.39, 0.29) is 17.0 Å². The molecule has 146 valence electrons. The smallest absolute Gasteiger partial charge is 0.343 e. The van der Waals surface area contributed by atoms with Gasteiger partial charge in [0.1, 0.15) is 5.75 Å². The maximum absolute atomic E-state index is 12.3. The van der Waals surface area contributed by atoms with E-state index in [0.717, 1.165) is 25.7 Å². The maximum atomic E-state index is 12.3. The number of ether oxygens (including phenoxy) is 1. The first-order valence-corrected chi connectivity index (χ1v) is 9.28. The lowest BCUT2D eigenvalue weighted by atomic mass is 10.1. The predicted octanol–water partition coefficient (Wildman–Crippen LogP) is 5.37. The summed E-state index contributed by atoms with van der Waals surface area (Å²) in [6, 6.07) is 12.1. The molecular weight excluding hydrogens is 358 g/mol. The number of para-hydroxylation sites is 1. The van der Waals surface area contributed by atoms with Crippen molar-refractivity contribution in [3.05, 3.63) is 75.8 Å². The minimum Gasteiger partial charge on any atom is -0.422 e. The summed E-state index contributed by atoms with van der Waals surface area (Å²) < 4.78 is 5.41. The molecule has 0 aromatic heterocycles. The van der Waals surface area contributed by atoms with E-state index in [9.17, 15) is 19.7 Å². The molecule has 2 aromatic carbocycles. The number of hydrogen-bond acceptors (Lipinski definition) is 5. The van der Waals surface area contributed by atoms with Crippen LogP contribution in [0.5, 0.6) is 5.75 Å².